The third-order valence-electron chi connectivity index (χ3n) is 3.45. The number of hydrogen-bond donors (Lipinski definition) is 1. The van der Waals surface area contributed by atoms with Crippen LogP contribution in [-0.4, -0.2) is 39.8 Å². The summed E-state index contributed by atoms with van der Waals surface area (Å²) < 4.78 is 5.47. The van der Waals surface area contributed by atoms with Crippen LogP contribution in [0, 0.1) is 0 Å². The molecular formula is C15H12Cl2N4O3. The second kappa shape index (κ2) is 6.62. The number of ether oxygens (including phenoxy) is 1. The molecule has 24 heavy (non-hydrogen) atoms. The minimum absolute atomic E-state index is 0.111. The summed E-state index contributed by atoms with van der Waals surface area (Å²) in [5.74, 6) is -0.134. The molecule has 1 unspecified atom stereocenters. The molecule has 7 nitrogen and oxygen atoms in total. The highest BCUT2D eigenvalue weighted by molar-refractivity contribution is 6.32. The van der Waals surface area contributed by atoms with E-state index in [-0.39, 0.29) is 24.2 Å². The predicted molar refractivity (Wildman–Crippen MR) is 88.4 cm³/mol. The van der Waals surface area contributed by atoms with Gasteiger partial charge in [0.2, 0.25) is 5.91 Å². The zero-order valence-corrected chi connectivity index (χ0v) is 14.0. The largest absolute Gasteiger partial charge is 0.423 e. The summed E-state index contributed by atoms with van der Waals surface area (Å²) in [5, 5.41) is 3.70. The van der Waals surface area contributed by atoms with Gasteiger partial charge in [-0.15, -0.1) is 0 Å². The molecule has 0 radical (unpaired) electrons. The number of amides is 2. The summed E-state index contributed by atoms with van der Waals surface area (Å²) in [6, 6.07) is 4.43. The van der Waals surface area contributed by atoms with Gasteiger partial charge in [0.15, 0.2) is 0 Å². The number of hydrogen-bond acceptors (Lipinski definition) is 6. The Bertz CT molecular complexity index is 798. The van der Waals surface area contributed by atoms with Crippen LogP contribution >= 0.6 is 23.2 Å². The van der Waals surface area contributed by atoms with Gasteiger partial charge in [0, 0.05) is 12.7 Å². The van der Waals surface area contributed by atoms with Crippen LogP contribution in [0.1, 0.15) is 6.42 Å². The fourth-order valence-electron chi connectivity index (χ4n) is 2.19. The molecule has 0 aliphatic carbocycles. The van der Waals surface area contributed by atoms with Gasteiger partial charge in [-0.25, -0.2) is 9.97 Å². The zero-order chi connectivity index (χ0) is 17.3. The normalized spacial score (nSPS) is 17.3. The van der Waals surface area contributed by atoms with Gasteiger partial charge in [-0.3, -0.25) is 14.5 Å². The zero-order valence-electron chi connectivity index (χ0n) is 12.5. The second-order valence-corrected chi connectivity index (χ2v) is 5.97. The first-order valence-corrected chi connectivity index (χ1v) is 7.71. The number of likely N-dealkylation sites (N-methyl/N-ethyl adjacent to an activating group) is 1. The third kappa shape index (κ3) is 3.42. The number of aromatic nitrogens is 2. The van der Waals surface area contributed by atoms with E-state index in [0.717, 1.165) is 4.90 Å². The molecule has 1 atom stereocenters. The van der Waals surface area contributed by atoms with Gasteiger partial charge in [-0.2, -0.15) is 0 Å². The summed E-state index contributed by atoms with van der Waals surface area (Å²) >= 11 is 11.9. The summed E-state index contributed by atoms with van der Waals surface area (Å²) in [5.41, 5.74) is 0.603. The molecule has 2 aromatic rings. The van der Waals surface area contributed by atoms with Crippen molar-refractivity contribution >= 4 is 40.7 Å². The number of likely N-dealkylation sites (tertiary alicyclic amines) is 1. The van der Waals surface area contributed by atoms with Gasteiger partial charge in [0.05, 0.1) is 28.9 Å². The van der Waals surface area contributed by atoms with E-state index in [1.807, 2.05) is 0 Å². The number of carbonyl (C=O) groups is 2. The van der Waals surface area contributed by atoms with Gasteiger partial charge in [0.25, 0.3) is 5.91 Å². The smallest absolute Gasteiger partial charge is 0.322 e. The average Bonchev–Trinajstić information content (AvgIpc) is 2.79. The van der Waals surface area contributed by atoms with Gasteiger partial charge >= 0.3 is 6.01 Å². The van der Waals surface area contributed by atoms with Crippen molar-refractivity contribution in [3.63, 3.8) is 0 Å². The van der Waals surface area contributed by atoms with E-state index in [9.17, 15) is 9.59 Å². The highest BCUT2D eigenvalue weighted by Crippen LogP contribution is 2.31. The van der Waals surface area contributed by atoms with E-state index >= 15 is 0 Å². The third-order valence-corrected chi connectivity index (χ3v) is 3.94. The van der Waals surface area contributed by atoms with E-state index in [1.54, 1.807) is 18.2 Å². The van der Waals surface area contributed by atoms with Crippen molar-refractivity contribution in [3.8, 4) is 11.8 Å². The predicted octanol–water partition coefficient (Wildman–Crippen LogP) is 2.74. The quantitative estimate of drug-likeness (QED) is 0.837. The summed E-state index contributed by atoms with van der Waals surface area (Å²) in [4.78, 5) is 32.4. The SMILES string of the molecule is CN1C(=O)CC(Nc2ccc(Oc3ncc(Cl)cn3)c(Cl)c2)C1=O. The number of benzene rings is 1. The number of anilines is 1. The minimum Gasteiger partial charge on any atom is -0.423 e. The van der Waals surface area contributed by atoms with Crippen LogP contribution in [-0.2, 0) is 9.59 Å². The molecule has 0 spiro atoms. The maximum Gasteiger partial charge on any atom is 0.322 e. The fourth-order valence-corrected chi connectivity index (χ4v) is 2.51. The maximum atomic E-state index is 11.9. The molecule has 124 valence electrons. The van der Waals surface area contributed by atoms with Crippen LogP contribution in [0.25, 0.3) is 0 Å². The lowest BCUT2D eigenvalue weighted by Gasteiger charge is -2.13. The number of carbonyl (C=O) groups excluding carboxylic acids is 2. The van der Waals surface area contributed by atoms with Crippen molar-refractivity contribution in [3.05, 3.63) is 40.6 Å². The van der Waals surface area contributed by atoms with E-state index in [4.69, 9.17) is 27.9 Å². The van der Waals surface area contributed by atoms with Gasteiger partial charge < -0.3 is 10.1 Å². The molecule has 0 bridgehead atoms. The highest BCUT2D eigenvalue weighted by Gasteiger charge is 2.35. The van der Waals surface area contributed by atoms with Crippen molar-refractivity contribution in [2.24, 2.45) is 0 Å². The Balaban J connectivity index is 1.72. The summed E-state index contributed by atoms with van der Waals surface area (Å²) in [6.45, 7) is 0. The molecule has 2 heterocycles. The first-order valence-electron chi connectivity index (χ1n) is 6.96. The average molecular weight is 367 g/mol. The lowest BCUT2D eigenvalue weighted by Crippen LogP contribution is -2.31. The molecule has 1 saturated heterocycles. The van der Waals surface area contributed by atoms with E-state index in [1.165, 1.54) is 19.4 Å². The van der Waals surface area contributed by atoms with E-state index in [0.29, 0.717) is 21.5 Å². The lowest BCUT2D eigenvalue weighted by molar-refractivity contribution is -0.136. The molecule has 1 fully saturated rings. The fraction of sp³-hybridized carbons (Fsp3) is 0.200. The topological polar surface area (TPSA) is 84.4 Å². The van der Waals surface area contributed by atoms with Gasteiger partial charge in [-0.05, 0) is 18.2 Å². The van der Waals surface area contributed by atoms with Crippen molar-refractivity contribution in [1.82, 2.24) is 14.9 Å². The van der Waals surface area contributed by atoms with Crippen molar-refractivity contribution in [1.29, 1.82) is 0 Å². The molecule has 9 heteroatoms. The van der Waals surface area contributed by atoms with Crippen molar-refractivity contribution in [2.75, 3.05) is 12.4 Å². The number of imide groups is 1. The standard InChI is InChI=1S/C15H12Cl2N4O3/c1-21-13(22)5-11(14(21)23)20-9-2-3-12(10(17)4-9)24-15-18-6-8(16)7-19-15/h2-4,6-7,11,20H,5H2,1H3. The van der Waals surface area contributed by atoms with Crippen LogP contribution in [0.3, 0.4) is 0 Å². The Morgan fingerprint density at radius 1 is 1.25 bits per heavy atom. The molecule has 1 aliphatic rings. The Morgan fingerprint density at radius 3 is 2.54 bits per heavy atom. The van der Waals surface area contributed by atoms with Gasteiger partial charge in [-0.1, -0.05) is 23.2 Å². The Labute approximate surface area is 147 Å². The molecule has 1 aliphatic heterocycles. The first-order chi connectivity index (χ1) is 11.4. The van der Waals surface area contributed by atoms with Crippen LogP contribution in [0.2, 0.25) is 10.0 Å². The summed E-state index contributed by atoms with van der Waals surface area (Å²) in [6.07, 6.45) is 2.93. The second-order valence-electron chi connectivity index (χ2n) is 5.12. The number of halogens is 2. The minimum atomic E-state index is -0.593. The molecule has 2 amide bonds. The monoisotopic (exact) mass is 366 g/mol. The van der Waals surface area contributed by atoms with Crippen molar-refractivity contribution < 1.29 is 14.3 Å². The van der Waals surface area contributed by atoms with Crippen LogP contribution in [0.15, 0.2) is 30.6 Å². The Morgan fingerprint density at radius 2 is 1.96 bits per heavy atom. The molecule has 0 saturated carbocycles. The number of nitrogens with one attached hydrogen (secondary N) is 1. The first kappa shape index (κ1) is 16.5. The van der Waals surface area contributed by atoms with Crippen LogP contribution < -0.4 is 10.1 Å². The Kier molecular flexibility index (Phi) is 4.55. The van der Waals surface area contributed by atoms with E-state index in [2.05, 4.69) is 15.3 Å². The van der Waals surface area contributed by atoms with Crippen molar-refractivity contribution in [2.45, 2.75) is 12.5 Å². The molecule has 1 N–H and O–H groups in total. The molecule has 3 rings (SSSR count). The summed E-state index contributed by atoms with van der Waals surface area (Å²) in [7, 11) is 1.46. The Hall–Kier alpha value is -2.38. The number of nitrogens with zero attached hydrogens (tertiary/aromatic N) is 3. The van der Waals surface area contributed by atoms with Crippen LogP contribution in [0.4, 0.5) is 5.69 Å². The lowest BCUT2D eigenvalue weighted by atomic mass is 10.2. The molecule has 1 aromatic carbocycles. The highest BCUT2D eigenvalue weighted by atomic mass is 35.5. The molecule has 1 aromatic heterocycles. The van der Waals surface area contributed by atoms with Crippen LogP contribution in [0.5, 0.6) is 11.8 Å². The van der Waals surface area contributed by atoms with E-state index < -0.39 is 6.04 Å². The number of rotatable bonds is 4. The van der Waals surface area contributed by atoms with Gasteiger partial charge in [0.1, 0.15) is 11.8 Å². The maximum absolute atomic E-state index is 11.9. The molecular weight excluding hydrogens is 355 g/mol.